The number of non-ortho nitro benzene ring substituents is 1. The number of nitrogens with zero attached hydrogens (tertiary/aromatic N) is 1. The standard InChI is InChI=1S/C13H13IN2O2S/c1-2-10-4-5-11(19-10)8-15-13-6-3-9(16(17)18)7-12(13)14/h3-7,15H,2,8H2,1H3. The number of anilines is 1. The third kappa shape index (κ3) is 3.66. The third-order valence-electron chi connectivity index (χ3n) is 2.68. The summed E-state index contributed by atoms with van der Waals surface area (Å²) in [5.74, 6) is 0. The van der Waals surface area contributed by atoms with Gasteiger partial charge in [-0.3, -0.25) is 10.1 Å². The van der Waals surface area contributed by atoms with Crippen molar-refractivity contribution in [1.29, 1.82) is 0 Å². The molecular weight excluding hydrogens is 375 g/mol. The smallest absolute Gasteiger partial charge is 0.270 e. The molecule has 19 heavy (non-hydrogen) atoms. The molecule has 1 aromatic heterocycles. The normalized spacial score (nSPS) is 10.4. The maximum Gasteiger partial charge on any atom is 0.270 e. The lowest BCUT2D eigenvalue weighted by Gasteiger charge is -2.07. The van der Waals surface area contributed by atoms with E-state index in [1.165, 1.54) is 15.8 Å². The highest BCUT2D eigenvalue weighted by Crippen LogP contribution is 2.25. The maximum absolute atomic E-state index is 10.7. The minimum Gasteiger partial charge on any atom is -0.379 e. The fraction of sp³-hybridized carbons (Fsp3) is 0.231. The highest BCUT2D eigenvalue weighted by Gasteiger charge is 2.09. The zero-order valence-corrected chi connectivity index (χ0v) is 13.3. The lowest BCUT2D eigenvalue weighted by atomic mass is 10.3. The second-order valence-corrected chi connectivity index (χ2v) is 6.41. The molecular formula is C13H13IN2O2S. The van der Waals surface area contributed by atoms with E-state index >= 15 is 0 Å². The number of nitrogens with one attached hydrogen (secondary N) is 1. The molecule has 1 heterocycles. The Morgan fingerprint density at radius 3 is 2.63 bits per heavy atom. The topological polar surface area (TPSA) is 55.2 Å². The van der Waals surface area contributed by atoms with Crippen LogP contribution in [0.1, 0.15) is 16.7 Å². The summed E-state index contributed by atoms with van der Waals surface area (Å²) < 4.78 is 0.860. The van der Waals surface area contributed by atoms with Gasteiger partial charge in [0.15, 0.2) is 0 Å². The molecule has 0 saturated heterocycles. The minimum absolute atomic E-state index is 0.124. The molecule has 0 atom stereocenters. The van der Waals surface area contributed by atoms with Crippen LogP contribution in [-0.4, -0.2) is 4.92 Å². The van der Waals surface area contributed by atoms with E-state index in [9.17, 15) is 10.1 Å². The van der Waals surface area contributed by atoms with Gasteiger partial charge in [0, 0.05) is 37.7 Å². The number of halogens is 1. The number of hydrogen-bond donors (Lipinski definition) is 1. The summed E-state index contributed by atoms with van der Waals surface area (Å²) in [5.41, 5.74) is 1.05. The molecule has 0 aliphatic rings. The van der Waals surface area contributed by atoms with Gasteiger partial charge in [-0.05, 0) is 47.2 Å². The van der Waals surface area contributed by atoms with Crippen LogP contribution in [0.4, 0.5) is 11.4 Å². The minimum atomic E-state index is -0.376. The molecule has 1 aromatic carbocycles. The van der Waals surface area contributed by atoms with Gasteiger partial charge >= 0.3 is 0 Å². The highest BCUT2D eigenvalue weighted by atomic mass is 127. The van der Waals surface area contributed by atoms with Gasteiger partial charge in [-0.1, -0.05) is 6.92 Å². The summed E-state index contributed by atoms with van der Waals surface area (Å²) in [5, 5.41) is 14.0. The van der Waals surface area contributed by atoms with E-state index in [0.717, 1.165) is 22.2 Å². The molecule has 2 aromatic rings. The van der Waals surface area contributed by atoms with E-state index in [0.29, 0.717) is 0 Å². The summed E-state index contributed by atoms with van der Waals surface area (Å²) in [7, 11) is 0. The first-order chi connectivity index (χ1) is 9.10. The van der Waals surface area contributed by atoms with Crippen LogP contribution in [-0.2, 0) is 13.0 Å². The van der Waals surface area contributed by atoms with Gasteiger partial charge in [-0.15, -0.1) is 11.3 Å². The van der Waals surface area contributed by atoms with Gasteiger partial charge < -0.3 is 5.32 Å². The van der Waals surface area contributed by atoms with Crippen LogP contribution in [0.3, 0.4) is 0 Å². The summed E-state index contributed by atoms with van der Waals surface area (Å²) in [4.78, 5) is 12.9. The van der Waals surface area contributed by atoms with Crippen LogP contribution < -0.4 is 5.32 Å². The van der Waals surface area contributed by atoms with Crippen LogP contribution in [0.15, 0.2) is 30.3 Å². The molecule has 100 valence electrons. The Balaban J connectivity index is 2.05. The van der Waals surface area contributed by atoms with Crippen molar-refractivity contribution in [2.24, 2.45) is 0 Å². The molecule has 0 aliphatic heterocycles. The zero-order chi connectivity index (χ0) is 13.8. The third-order valence-corrected chi connectivity index (χ3v) is 4.80. The molecule has 0 amide bonds. The molecule has 0 bridgehead atoms. The fourth-order valence-electron chi connectivity index (χ4n) is 1.65. The van der Waals surface area contributed by atoms with Crippen LogP contribution in [0, 0.1) is 13.7 Å². The van der Waals surface area contributed by atoms with Crippen LogP contribution in [0.2, 0.25) is 0 Å². The second kappa shape index (κ2) is 6.33. The van der Waals surface area contributed by atoms with Gasteiger partial charge in [0.2, 0.25) is 0 Å². The Labute approximate surface area is 129 Å². The van der Waals surface area contributed by atoms with Gasteiger partial charge in [-0.25, -0.2) is 0 Å². The second-order valence-electron chi connectivity index (χ2n) is 4.00. The molecule has 4 nitrogen and oxygen atoms in total. The first kappa shape index (κ1) is 14.3. The molecule has 6 heteroatoms. The van der Waals surface area contributed by atoms with Crippen molar-refractivity contribution in [3.8, 4) is 0 Å². The summed E-state index contributed by atoms with van der Waals surface area (Å²) >= 11 is 3.90. The number of benzene rings is 1. The number of nitro benzene ring substituents is 1. The van der Waals surface area contributed by atoms with Gasteiger partial charge in [0.05, 0.1) is 4.92 Å². The predicted octanol–water partition coefficient (Wildman–Crippen LogP) is 4.44. The molecule has 0 aliphatic carbocycles. The van der Waals surface area contributed by atoms with Crippen LogP contribution in [0.5, 0.6) is 0 Å². The van der Waals surface area contributed by atoms with Gasteiger partial charge in [-0.2, -0.15) is 0 Å². The summed E-state index contributed by atoms with van der Waals surface area (Å²) in [6, 6.07) is 9.12. The Kier molecular flexibility index (Phi) is 4.76. The Hall–Kier alpha value is -1.15. The Morgan fingerprint density at radius 1 is 1.32 bits per heavy atom. The maximum atomic E-state index is 10.7. The van der Waals surface area contributed by atoms with E-state index < -0.39 is 0 Å². The van der Waals surface area contributed by atoms with E-state index in [1.54, 1.807) is 23.5 Å². The Morgan fingerprint density at radius 2 is 2.05 bits per heavy atom. The number of aryl methyl sites for hydroxylation is 1. The van der Waals surface area contributed by atoms with Crippen molar-refractivity contribution in [1.82, 2.24) is 0 Å². The van der Waals surface area contributed by atoms with Crippen molar-refractivity contribution in [2.45, 2.75) is 19.9 Å². The van der Waals surface area contributed by atoms with Crippen molar-refractivity contribution >= 4 is 45.3 Å². The fourth-order valence-corrected chi connectivity index (χ4v) is 3.24. The van der Waals surface area contributed by atoms with E-state index in [-0.39, 0.29) is 10.6 Å². The van der Waals surface area contributed by atoms with Gasteiger partial charge in [0.25, 0.3) is 5.69 Å². The van der Waals surface area contributed by atoms with E-state index in [1.807, 2.05) is 0 Å². The highest BCUT2D eigenvalue weighted by molar-refractivity contribution is 14.1. The van der Waals surface area contributed by atoms with E-state index in [2.05, 4.69) is 47.0 Å². The molecule has 0 fully saturated rings. The van der Waals surface area contributed by atoms with Crippen molar-refractivity contribution in [3.05, 3.63) is 53.8 Å². The van der Waals surface area contributed by atoms with E-state index in [4.69, 9.17) is 0 Å². The number of thiophene rings is 1. The average molecular weight is 388 g/mol. The summed E-state index contributed by atoms with van der Waals surface area (Å²) in [6.45, 7) is 2.89. The molecule has 0 radical (unpaired) electrons. The quantitative estimate of drug-likeness (QED) is 0.468. The predicted molar refractivity (Wildman–Crippen MR) is 86.8 cm³/mol. The first-order valence-corrected chi connectivity index (χ1v) is 7.75. The molecule has 1 N–H and O–H groups in total. The van der Waals surface area contributed by atoms with Crippen molar-refractivity contribution in [2.75, 3.05) is 5.32 Å². The monoisotopic (exact) mass is 388 g/mol. The number of hydrogen-bond acceptors (Lipinski definition) is 4. The number of nitro groups is 1. The zero-order valence-electron chi connectivity index (χ0n) is 10.4. The Bertz CT molecular complexity index is 598. The molecule has 2 rings (SSSR count). The van der Waals surface area contributed by atoms with Crippen molar-refractivity contribution in [3.63, 3.8) is 0 Å². The molecule has 0 spiro atoms. The molecule has 0 saturated carbocycles. The van der Waals surface area contributed by atoms with Crippen molar-refractivity contribution < 1.29 is 4.92 Å². The van der Waals surface area contributed by atoms with Gasteiger partial charge in [0.1, 0.15) is 0 Å². The first-order valence-electron chi connectivity index (χ1n) is 5.85. The summed E-state index contributed by atoms with van der Waals surface area (Å²) in [6.07, 6.45) is 1.06. The van der Waals surface area contributed by atoms with Crippen LogP contribution >= 0.6 is 33.9 Å². The SMILES string of the molecule is CCc1ccc(CNc2ccc([N+](=O)[O-])cc2I)s1. The lowest BCUT2D eigenvalue weighted by molar-refractivity contribution is -0.384. The average Bonchev–Trinajstić information content (AvgIpc) is 2.85. The molecule has 0 unspecified atom stereocenters. The lowest BCUT2D eigenvalue weighted by Crippen LogP contribution is -2.00. The largest absolute Gasteiger partial charge is 0.379 e. The number of rotatable bonds is 5. The van der Waals surface area contributed by atoms with Crippen LogP contribution in [0.25, 0.3) is 0 Å².